The topological polar surface area (TPSA) is 17.8 Å². The Morgan fingerprint density at radius 2 is 2.06 bits per heavy atom. The van der Waals surface area contributed by atoms with Gasteiger partial charge in [-0.25, -0.2) is 0 Å². The molecule has 0 bridgehead atoms. The van der Waals surface area contributed by atoms with Crippen molar-refractivity contribution in [1.29, 1.82) is 0 Å². The Labute approximate surface area is 109 Å². The van der Waals surface area contributed by atoms with E-state index in [2.05, 4.69) is 30.8 Å². The normalized spacial score (nSPS) is 21.4. The molecule has 96 valence electrons. The van der Waals surface area contributed by atoms with Crippen LogP contribution in [0.25, 0.3) is 0 Å². The van der Waals surface area contributed by atoms with Gasteiger partial charge in [0.25, 0.3) is 0 Å². The molecule has 1 saturated carbocycles. The molecule has 1 heterocycles. The van der Waals surface area contributed by atoms with Crippen molar-refractivity contribution in [2.24, 2.45) is 5.92 Å². The summed E-state index contributed by atoms with van der Waals surface area (Å²) in [6, 6.07) is 2.80. The zero-order chi connectivity index (χ0) is 12.3. The third-order valence-electron chi connectivity index (χ3n) is 3.93. The second kappa shape index (κ2) is 5.90. The maximum Gasteiger partial charge on any atom is 0.0627 e. The van der Waals surface area contributed by atoms with E-state index in [-0.39, 0.29) is 5.38 Å². The van der Waals surface area contributed by atoms with Gasteiger partial charge in [-0.3, -0.25) is 4.68 Å². The summed E-state index contributed by atoms with van der Waals surface area (Å²) in [7, 11) is 0. The molecule has 0 aromatic carbocycles. The molecule has 17 heavy (non-hydrogen) atoms. The van der Waals surface area contributed by atoms with Gasteiger partial charge >= 0.3 is 0 Å². The maximum atomic E-state index is 6.10. The highest BCUT2D eigenvalue weighted by Gasteiger charge is 2.17. The lowest BCUT2D eigenvalue weighted by atomic mass is 9.96. The largest absolute Gasteiger partial charge is 0.269 e. The Bertz CT molecular complexity index is 340. The van der Waals surface area contributed by atoms with Crippen LogP contribution < -0.4 is 0 Å². The Balaban J connectivity index is 1.95. The highest BCUT2D eigenvalue weighted by Crippen LogP contribution is 2.27. The number of aromatic nitrogens is 2. The van der Waals surface area contributed by atoms with E-state index in [1.54, 1.807) is 0 Å². The van der Waals surface area contributed by atoms with Crippen molar-refractivity contribution in [3.63, 3.8) is 0 Å². The fraction of sp³-hybridized carbons (Fsp3) is 0.786. The van der Waals surface area contributed by atoms with Crippen LogP contribution in [-0.2, 0) is 6.42 Å². The summed E-state index contributed by atoms with van der Waals surface area (Å²) in [5, 5.41) is 4.93. The SMILES string of the molecule is CC(Cl)C(C)Cc1ccn(C2CCCCC2)n1. The average molecular weight is 255 g/mol. The van der Waals surface area contributed by atoms with Crippen LogP contribution in [0.3, 0.4) is 0 Å². The predicted molar refractivity (Wildman–Crippen MR) is 72.5 cm³/mol. The van der Waals surface area contributed by atoms with Gasteiger partial charge in [-0.2, -0.15) is 5.10 Å². The van der Waals surface area contributed by atoms with E-state index < -0.39 is 0 Å². The molecule has 1 aliphatic carbocycles. The van der Waals surface area contributed by atoms with Crippen LogP contribution in [0.5, 0.6) is 0 Å². The third kappa shape index (κ3) is 3.48. The summed E-state index contributed by atoms with van der Waals surface area (Å²) in [6.07, 6.45) is 9.84. The molecule has 2 nitrogen and oxygen atoms in total. The lowest BCUT2D eigenvalue weighted by Crippen LogP contribution is -2.14. The van der Waals surface area contributed by atoms with E-state index >= 15 is 0 Å². The molecule has 3 heteroatoms. The predicted octanol–water partition coefficient (Wildman–Crippen LogP) is 4.19. The highest BCUT2D eigenvalue weighted by atomic mass is 35.5. The minimum atomic E-state index is 0.217. The molecule has 1 fully saturated rings. The van der Waals surface area contributed by atoms with Crippen LogP contribution in [0.15, 0.2) is 12.3 Å². The van der Waals surface area contributed by atoms with Crippen molar-refractivity contribution in [2.45, 2.75) is 63.8 Å². The Morgan fingerprint density at radius 1 is 1.35 bits per heavy atom. The second-order valence-electron chi connectivity index (χ2n) is 5.44. The first-order valence-electron chi connectivity index (χ1n) is 6.85. The fourth-order valence-electron chi connectivity index (χ4n) is 2.53. The summed E-state index contributed by atoms with van der Waals surface area (Å²) in [4.78, 5) is 0. The summed E-state index contributed by atoms with van der Waals surface area (Å²) in [6.45, 7) is 4.25. The molecule has 0 radical (unpaired) electrons. The van der Waals surface area contributed by atoms with Crippen molar-refractivity contribution >= 4 is 11.6 Å². The quantitative estimate of drug-likeness (QED) is 0.737. The molecule has 0 spiro atoms. The molecular weight excluding hydrogens is 232 g/mol. The second-order valence-corrected chi connectivity index (χ2v) is 6.13. The molecule has 2 unspecified atom stereocenters. The summed E-state index contributed by atoms with van der Waals surface area (Å²) >= 11 is 6.10. The zero-order valence-electron chi connectivity index (χ0n) is 10.9. The highest BCUT2D eigenvalue weighted by molar-refractivity contribution is 6.20. The van der Waals surface area contributed by atoms with Crippen molar-refractivity contribution in [3.8, 4) is 0 Å². The van der Waals surface area contributed by atoms with Gasteiger partial charge < -0.3 is 0 Å². The standard InChI is InChI=1S/C14H23ClN2/c1-11(12(2)15)10-13-8-9-17(16-13)14-6-4-3-5-7-14/h8-9,11-12,14H,3-7,10H2,1-2H3. The summed E-state index contributed by atoms with van der Waals surface area (Å²) < 4.78 is 2.18. The molecule has 0 amide bonds. The molecule has 0 aliphatic heterocycles. The van der Waals surface area contributed by atoms with Gasteiger partial charge in [0.15, 0.2) is 0 Å². The minimum absolute atomic E-state index is 0.217. The number of rotatable bonds is 4. The van der Waals surface area contributed by atoms with Crippen molar-refractivity contribution in [1.82, 2.24) is 9.78 Å². The molecule has 1 aromatic heterocycles. The van der Waals surface area contributed by atoms with E-state index in [0.717, 1.165) is 6.42 Å². The lowest BCUT2D eigenvalue weighted by Gasteiger charge is -2.21. The minimum Gasteiger partial charge on any atom is -0.269 e. The van der Waals surface area contributed by atoms with Crippen molar-refractivity contribution < 1.29 is 0 Å². The summed E-state index contributed by atoms with van der Waals surface area (Å²) in [5.41, 5.74) is 1.19. The number of alkyl halides is 1. The van der Waals surface area contributed by atoms with Gasteiger partial charge in [-0.05, 0) is 38.2 Å². The van der Waals surface area contributed by atoms with Crippen LogP contribution in [0.4, 0.5) is 0 Å². The van der Waals surface area contributed by atoms with Gasteiger partial charge in [-0.1, -0.05) is 26.2 Å². The van der Waals surface area contributed by atoms with Crippen molar-refractivity contribution in [2.75, 3.05) is 0 Å². The lowest BCUT2D eigenvalue weighted by molar-refractivity contribution is 0.327. The molecule has 2 rings (SSSR count). The van der Waals surface area contributed by atoms with Gasteiger partial charge in [-0.15, -0.1) is 11.6 Å². The molecule has 1 aliphatic rings. The Hall–Kier alpha value is -0.500. The summed E-state index contributed by atoms with van der Waals surface area (Å²) in [5.74, 6) is 0.492. The number of nitrogens with zero attached hydrogens (tertiary/aromatic N) is 2. The van der Waals surface area contributed by atoms with Crippen LogP contribution in [0.2, 0.25) is 0 Å². The smallest absolute Gasteiger partial charge is 0.0627 e. The number of halogens is 1. The maximum absolute atomic E-state index is 6.10. The molecule has 0 saturated heterocycles. The molecular formula is C14H23ClN2. The number of hydrogen-bond acceptors (Lipinski definition) is 1. The monoisotopic (exact) mass is 254 g/mol. The molecule has 1 aromatic rings. The number of hydrogen-bond donors (Lipinski definition) is 0. The van der Waals surface area contributed by atoms with E-state index in [9.17, 15) is 0 Å². The van der Waals surface area contributed by atoms with E-state index in [1.165, 1.54) is 37.8 Å². The van der Waals surface area contributed by atoms with E-state index in [1.807, 2.05) is 0 Å². The van der Waals surface area contributed by atoms with Crippen LogP contribution >= 0.6 is 11.6 Å². The van der Waals surface area contributed by atoms with E-state index in [4.69, 9.17) is 16.7 Å². The Kier molecular flexibility index (Phi) is 4.49. The Morgan fingerprint density at radius 3 is 2.71 bits per heavy atom. The zero-order valence-corrected chi connectivity index (χ0v) is 11.7. The first-order valence-corrected chi connectivity index (χ1v) is 7.28. The molecule has 0 N–H and O–H groups in total. The molecule has 2 atom stereocenters. The van der Waals surface area contributed by atoms with Crippen LogP contribution in [0.1, 0.15) is 57.7 Å². The van der Waals surface area contributed by atoms with Crippen LogP contribution in [0, 0.1) is 5.92 Å². The van der Waals surface area contributed by atoms with Gasteiger partial charge in [0, 0.05) is 11.6 Å². The van der Waals surface area contributed by atoms with Gasteiger partial charge in [0.05, 0.1) is 11.7 Å². The first-order chi connectivity index (χ1) is 8.16. The van der Waals surface area contributed by atoms with Gasteiger partial charge in [0.2, 0.25) is 0 Å². The average Bonchev–Trinajstić information content (AvgIpc) is 2.78. The fourth-order valence-corrected chi connectivity index (χ4v) is 2.62. The van der Waals surface area contributed by atoms with Gasteiger partial charge in [0.1, 0.15) is 0 Å². The third-order valence-corrected chi connectivity index (χ3v) is 4.36. The van der Waals surface area contributed by atoms with Crippen molar-refractivity contribution in [3.05, 3.63) is 18.0 Å². The van der Waals surface area contributed by atoms with E-state index in [0.29, 0.717) is 12.0 Å². The van der Waals surface area contributed by atoms with Crippen LogP contribution in [-0.4, -0.2) is 15.2 Å². The first kappa shape index (κ1) is 12.9.